The van der Waals surface area contributed by atoms with Crippen LogP contribution in [0.4, 0.5) is 0 Å². The van der Waals surface area contributed by atoms with Gasteiger partial charge < -0.3 is 14.9 Å². The lowest BCUT2D eigenvalue weighted by molar-refractivity contribution is 0.0873. The summed E-state index contributed by atoms with van der Waals surface area (Å²) < 4.78 is 5.58. The summed E-state index contributed by atoms with van der Waals surface area (Å²) in [7, 11) is 1.91. The third kappa shape index (κ3) is 3.02. The number of aliphatic hydroxyl groups is 2. The van der Waals surface area contributed by atoms with E-state index in [2.05, 4.69) is 6.07 Å². The average molecular weight is 251 g/mol. The maximum atomic E-state index is 9.14. The number of aryl methyl sites for hydroxylation is 1. The molecule has 0 amide bonds. The van der Waals surface area contributed by atoms with Crippen LogP contribution >= 0.6 is 0 Å². The summed E-state index contributed by atoms with van der Waals surface area (Å²) in [5, 5.41) is 18.3. The van der Waals surface area contributed by atoms with Crippen molar-refractivity contribution >= 4 is 0 Å². The molecular formula is C14H21NO3. The smallest absolute Gasteiger partial charge is 0.122 e. The molecule has 0 fully saturated rings. The first-order valence-corrected chi connectivity index (χ1v) is 6.41. The number of aliphatic hydroxyl groups excluding tert-OH is 2. The number of hydrogen-bond donors (Lipinski definition) is 2. The molecule has 1 aliphatic rings. The zero-order valence-corrected chi connectivity index (χ0v) is 10.8. The Balaban J connectivity index is 2.05. The quantitative estimate of drug-likeness (QED) is 0.812. The van der Waals surface area contributed by atoms with E-state index in [0.29, 0.717) is 0 Å². The predicted molar refractivity (Wildman–Crippen MR) is 69.7 cm³/mol. The van der Waals surface area contributed by atoms with Gasteiger partial charge in [-0.05, 0) is 37.1 Å². The summed E-state index contributed by atoms with van der Waals surface area (Å²) >= 11 is 0. The van der Waals surface area contributed by atoms with Crippen molar-refractivity contribution < 1.29 is 14.9 Å². The summed E-state index contributed by atoms with van der Waals surface area (Å²) in [6.07, 6.45) is 2.14. The minimum Gasteiger partial charge on any atom is -0.493 e. The zero-order valence-electron chi connectivity index (χ0n) is 10.8. The van der Waals surface area contributed by atoms with Crippen LogP contribution in [0.5, 0.6) is 5.75 Å². The molecule has 4 heteroatoms. The second-order valence-electron chi connectivity index (χ2n) is 4.83. The topological polar surface area (TPSA) is 52.9 Å². The highest BCUT2D eigenvalue weighted by atomic mass is 16.5. The lowest BCUT2D eigenvalue weighted by Gasteiger charge is -2.25. The van der Waals surface area contributed by atoms with Gasteiger partial charge in [0.1, 0.15) is 5.75 Å². The minimum atomic E-state index is -0.197. The van der Waals surface area contributed by atoms with E-state index in [9.17, 15) is 0 Å². The van der Waals surface area contributed by atoms with Crippen LogP contribution in [0.25, 0.3) is 0 Å². The number of benzene rings is 1. The first kappa shape index (κ1) is 13.3. The summed E-state index contributed by atoms with van der Waals surface area (Å²) in [5.41, 5.74) is 2.45. The van der Waals surface area contributed by atoms with Crippen molar-refractivity contribution in [2.45, 2.75) is 25.4 Å². The fourth-order valence-electron chi connectivity index (χ4n) is 2.27. The maximum Gasteiger partial charge on any atom is 0.122 e. The Morgan fingerprint density at radius 2 is 2.11 bits per heavy atom. The maximum absolute atomic E-state index is 9.14. The van der Waals surface area contributed by atoms with E-state index in [4.69, 9.17) is 14.9 Å². The largest absolute Gasteiger partial charge is 0.493 e. The molecule has 4 nitrogen and oxygen atoms in total. The average Bonchev–Trinajstić information content (AvgIpc) is 2.40. The number of likely N-dealkylation sites (N-methyl/N-ethyl adjacent to an activating group) is 1. The monoisotopic (exact) mass is 251 g/mol. The number of rotatable bonds is 5. The van der Waals surface area contributed by atoms with Crippen LogP contribution in [0.3, 0.4) is 0 Å². The van der Waals surface area contributed by atoms with E-state index in [1.54, 1.807) is 0 Å². The van der Waals surface area contributed by atoms with Gasteiger partial charge in [0.2, 0.25) is 0 Å². The van der Waals surface area contributed by atoms with E-state index < -0.39 is 0 Å². The van der Waals surface area contributed by atoms with Crippen LogP contribution < -0.4 is 4.74 Å². The van der Waals surface area contributed by atoms with E-state index >= 15 is 0 Å². The summed E-state index contributed by atoms with van der Waals surface area (Å²) in [6.45, 7) is 1.48. The normalized spacial score (nSPS) is 14.7. The number of hydrogen-bond acceptors (Lipinski definition) is 4. The number of ether oxygens (including phenoxy) is 1. The van der Waals surface area contributed by atoms with Gasteiger partial charge in [-0.25, -0.2) is 0 Å². The molecule has 1 heterocycles. The molecular weight excluding hydrogens is 230 g/mol. The van der Waals surface area contributed by atoms with E-state index in [0.717, 1.165) is 31.7 Å². The fraction of sp³-hybridized carbons (Fsp3) is 0.571. The first-order valence-electron chi connectivity index (χ1n) is 6.41. The third-order valence-electron chi connectivity index (χ3n) is 3.45. The van der Waals surface area contributed by atoms with Crippen LogP contribution in [0.1, 0.15) is 17.5 Å². The van der Waals surface area contributed by atoms with Crippen LogP contribution in [-0.4, -0.2) is 48.0 Å². The Kier molecular flexibility index (Phi) is 4.58. The van der Waals surface area contributed by atoms with Crippen molar-refractivity contribution in [2.75, 3.05) is 26.9 Å². The van der Waals surface area contributed by atoms with Crippen LogP contribution in [0.2, 0.25) is 0 Å². The molecule has 0 aliphatic carbocycles. The van der Waals surface area contributed by atoms with Gasteiger partial charge >= 0.3 is 0 Å². The summed E-state index contributed by atoms with van der Waals surface area (Å²) in [5.74, 6) is 0.994. The van der Waals surface area contributed by atoms with Crippen LogP contribution in [0.15, 0.2) is 18.2 Å². The van der Waals surface area contributed by atoms with Crippen molar-refractivity contribution in [1.82, 2.24) is 4.90 Å². The Labute approximate surface area is 108 Å². The zero-order chi connectivity index (χ0) is 13.0. The van der Waals surface area contributed by atoms with Gasteiger partial charge in [-0.2, -0.15) is 0 Å². The molecule has 0 aromatic heterocycles. The van der Waals surface area contributed by atoms with Crippen molar-refractivity contribution in [3.63, 3.8) is 0 Å². The molecule has 0 atom stereocenters. The van der Waals surface area contributed by atoms with Crippen LogP contribution in [-0.2, 0) is 13.0 Å². The lowest BCUT2D eigenvalue weighted by atomic mass is 10.0. The highest BCUT2D eigenvalue weighted by Gasteiger charge is 2.15. The first-order chi connectivity index (χ1) is 8.74. The van der Waals surface area contributed by atoms with Gasteiger partial charge in [-0.1, -0.05) is 12.1 Å². The van der Waals surface area contributed by atoms with Gasteiger partial charge in [-0.15, -0.1) is 0 Å². The molecule has 100 valence electrons. The number of nitrogens with zero attached hydrogens (tertiary/aromatic N) is 1. The summed E-state index contributed by atoms with van der Waals surface area (Å²) in [4.78, 5) is 1.96. The van der Waals surface area contributed by atoms with Gasteiger partial charge in [0.15, 0.2) is 0 Å². The van der Waals surface area contributed by atoms with Crippen LogP contribution in [0, 0.1) is 0 Å². The molecule has 2 N–H and O–H groups in total. The van der Waals surface area contributed by atoms with Crippen molar-refractivity contribution in [2.24, 2.45) is 0 Å². The van der Waals surface area contributed by atoms with E-state index in [1.165, 1.54) is 11.1 Å². The SMILES string of the molecule is CN(Cc1ccc2c(c1)CCCO2)C(CO)CO. The minimum absolute atomic E-state index is 0.0267. The molecule has 0 saturated carbocycles. The molecule has 0 radical (unpaired) electrons. The highest BCUT2D eigenvalue weighted by molar-refractivity contribution is 5.38. The van der Waals surface area contributed by atoms with E-state index in [1.807, 2.05) is 24.1 Å². The number of fused-ring (bicyclic) bond motifs is 1. The third-order valence-corrected chi connectivity index (χ3v) is 3.45. The Hall–Kier alpha value is -1.10. The summed E-state index contributed by atoms with van der Waals surface area (Å²) in [6, 6.07) is 6.03. The molecule has 1 aromatic rings. The van der Waals surface area contributed by atoms with Crippen molar-refractivity contribution in [3.8, 4) is 5.75 Å². The molecule has 0 bridgehead atoms. The molecule has 0 spiro atoms. The Bertz CT molecular complexity index is 391. The van der Waals surface area contributed by atoms with E-state index in [-0.39, 0.29) is 19.3 Å². The fourth-order valence-corrected chi connectivity index (χ4v) is 2.27. The van der Waals surface area contributed by atoms with Gasteiger partial charge in [0.25, 0.3) is 0 Å². The molecule has 0 saturated heterocycles. The second-order valence-corrected chi connectivity index (χ2v) is 4.83. The Morgan fingerprint density at radius 1 is 1.33 bits per heavy atom. The Morgan fingerprint density at radius 3 is 2.83 bits per heavy atom. The van der Waals surface area contributed by atoms with Gasteiger partial charge in [0.05, 0.1) is 25.9 Å². The van der Waals surface area contributed by atoms with Crippen molar-refractivity contribution in [1.29, 1.82) is 0 Å². The molecule has 1 aromatic carbocycles. The molecule has 18 heavy (non-hydrogen) atoms. The van der Waals surface area contributed by atoms with Crippen molar-refractivity contribution in [3.05, 3.63) is 29.3 Å². The standard InChI is InChI=1S/C14H21NO3/c1-15(13(9-16)10-17)8-11-4-5-14-12(7-11)3-2-6-18-14/h4-5,7,13,16-17H,2-3,6,8-10H2,1H3. The van der Waals surface area contributed by atoms with Gasteiger partial charge in [0, 0.05) is 6.54 Å². The second kappa shape index (κ2) is 6.18. The highest BCUT2D eigenvalue weighted by Crippen LogP contribution is 2.26. The lowest BCUT2D eigenvalue weighted by Crippen LogP contribution is -2.37. The molecule has 1 aliphatic heterocycles. The van der Waals surface area contributed by atoms with Gasteiger partial charge in [-0.3, -0.25) is 4.90 Å². The molecule has 0 unspecified atom stereocenters. The molecule has 2 rings (SSSR count). The predicted octanol–water partition coefficient (Wildman–Crippen LogP) is 0.797.